The lowest BCUT2D eigenvalue weighted by Crippen LogP contribution is -2.88. The summed E-state index contributed by atoms with van der Waals surface area (Å²) in [6, 6.07) is 0. The molecule has 0 radical (unpaired) electrons. The number of allylic oxidation sites excluding steroid dienone is 2. The Kier molecular flexibility index (Phi) is 3.40. The quantitative estimate of drug-likeness (QED) is 0.386. The Balaban J connectivity index is 1.71. The average Bonchev–Trinajstić information content (AvgIpc) is 2.80. The van der Waals surface area contributed by atoms with Crippen LogP contribution in [-0.4, -0.2) is 53.3 Å². The molecule has 3 saturated heterocycles. The second kappa shape index (κ2) is 5.28. The number of ketones is 2. The molecule has 0 aromatic rings. The number of aliphatic hydroxyl groups excluding tert-OH is 1. The second-order valence-electron chi connectivity index (χ2n) is 11.3. The van der Waals surface area contributed by atoms with Crippen LogP contribution in [-0.2, 0) is 28.6 Å². The van der Waals surface area contributed by atoms with Gasteiger partial charge in [-0.2, -0.15) is 0 Å². The average molecular weight is 428 g/mol. The smallest absolute Gasteiger partial charge is 0.213 e. The van der Waals surface area contributed by atoms with Crippen molar-refractivity contribution >= 4 is 17.9 Å². The van der Waals surface area contributed by atoms with Gasteiger partial charge in [0.25, 0.3) is 0 Å². The first-order valence-corrected chi connectivity index (χ1v) is 11.1. The molecule has 7 nitrogen and oxygen atoms in total. The first-order chi connectivity index (χ1) is 14.4. The number of hydrogen-bond donors (Lipinski definition) is 1. The number of aldehydes is 1. The van der Waals surface area contributed by atoms with Crippen molar-refractivity contribution < 1.29 is 33.7 Å². The molecule has 6 fully saturated rings. The molecule has 3 saturated carbocycles. The standard InChI is InChI=1S/C24H28O7/c1-11-13-6-7-14-22-10-29-24(23(14,16(11)26)19(13)30-21(4,5)31-24)18(28)15(22)20(2,3)8-12(9-25)17(22)27/h8-9,13-15,18-19,28H,1,6-7,10H2,2-5H3/t13-,14-,15+,18-,19+,22-,23-,24-/m0/s1. The molecule has 4 bridgehead atoms. The number of ether oxygens (including phenoxy) is 3. The fraction of sp³-hybridized carbons (Fsp3) is 0.708. The lowest BCUT2D eigenvalue weighted by atomic mass is 9.36. The number of fused-ring (bicyclic) bond motifs is 1. The number of Topliss-reactive ketones (excluding diaryl/α,β-unsaturated/α-hetero) is 2. The van der Waals surface area contributed by atoms with Crippen LogP contribution in [0.3, 0.4) is 0 Å². The van der Waals surface area contributed by atoms with Crippen molar-refractivity contribution in [2.75, 3.05) is 6.61 Å². The van der Waals surface area contributed by atoms with E-state index in [9.17, 15) is 19.5 Å². The van der Waals surface area contributed by atoms with Crippen molar-refractivity contribution in [2.24, 2.45) is 34.0 Å². The normalized spacial score (nSPS) is 53.0. The monoisotopic (exact) mass is 428 g/mol. The maximum Gasteiger partial charge on any atom is 0.213 e. The van der Waals surface area contributed by atoms with Crippen LogP contribution in [0.2, 0.25) is 0 Å². The van der Waals surface area contributed by atoms with Gasteiger partial charge in [-0.05, 0) is 43.6 Å². The van der Waals surface area contributed by atoms with E-state index in [4.69, 9.17) is 14.2 Å². The number of carbonyl (C=O) groups is 3. The highest BCUT2D eigenvalue weighted by atomic mass is 16.8. The molecule has 166 valence electrons. The van der Waals surface area contributed by atoms with Gasteiger partial charge in [-0.25, -0.2) is 0 Å². The van der Waals surface area contributed by atoms with E-state index in [0.717, 1.165) is 0 Å². The Morgan fingerprint density at radius 1 is 1.16 bits per heavy atom. The topological polar surface area (TPSA) is 99.1 Å². The number of carbonyl (C=O) groups excluding carboxylic acids is 3. The molecular weight excluding hydrogens is 400 g/mol. The zero-order valence-electron chi connectivity index (χ0n) is 18.3. The van der Waals surface area contributed by atoms with Gasteiger partial charge in [-0.1, -0.05) is 26.5 Å². The lowest BCUT2D eigenvalue weighted by molar-refractivity contribution is -0.521. The molecule has 1 N–H and O–H groups in total. The van der Waals surface area contributed by atoms with Crippen molar-refractivity contribution in [3.8, 4) is 0 Å². The predicted molar refractivity (Wildman–Crippen MR) is 106 cm³/mol. The van der Waals surface area contributed by atoms with Gasteiger partial charge >= 0.3 is 0 Å². The molecule has 31 heavy (non-hydrogen) atoms. The van der Waals surface area contributed by atoms with Crippen LogP contribution in [0, 0.1) is 34.0 Å². The summed E-state index contributed by atoms with van der Waals surface area (Å²) in [6.07, 6.45) is 1.65. The fourth-order valence-corrected chi connectivity index (χ4v) is 8.56. The summed E-state index contributed by atoms with van der Waals surface area (Å²) in [5.74, 6) is -4.53. The molecular formula is C24H28O7. The second-order valence-corrected chi connectivity index (χ2v) is 11.3. The molecule has 0 amide bonds. The molecule has 0 aromatic carbocycles. The summed E-state index contributed by atoms with van der Waals surface area (Å²) >= 11 is 0. The van der Waals surface area contributed by atoms with Crippen LogP contribution in [0.15, 0.2) is 23.8 Å². The number of aliphatic hydroxyl groups is 1. The van der Waals surface area contributed by atoms with Crippen LogP contribution >= 0.6 is 0 Å². The van der Waals surface area contributed by atoms with Gasteiger partial charge in [-0.3, -0.25) is 14.4 Å². The maximum atomic E-state index is 13.9. The Bertz CT molecular complexity index is 1010. The number of rotatable bonds is 1. The van der Waals surface area contributed by atoms with Crippen LogP contribution in [0.4, 0.5) is 0 Å². The summed E-state index contributed by atoms with van der Waals surface area (Å²) in [5.41, 5.74) is -2.69. The van der Waals surface area contributed by atoms with Crippen molar-refractivity contribution in [1.82, 2.24) is 0 Å². The third kappa shape index (κ3) is 1.77. The van der Waals surface area contributed by atoms with Gasteiger partial charge in [0.15, 0.2) is 23.6 Å². The molecule has 7 aliphatic rings. The van der Waals surface area contributed by atoms with Crippen molar-refractivity contribution in [2.45, 2.75) is 64.3 Å². The van der Waals surface area contributed by atoms with Gasteiger partial charge in [0.2, 0.25) is 5.79 Å². The Hall–Kier alpha value is -1.67. The molecule has 8 atom stereocenters. The Morgan fingerprint density at radius 3 is 2.55 bits per heavy atom. The summed E-state index contributed by atoms with van der Waals surface area (Å²) in [4.78, 5) is 39.7. The van der Waals surface area contributed by atoms with Crippen LogP contribution < -0.4 is 0 Å². The minimum absolute atomic E-state index is 0.00180. The highest BCUT2D eigenvalue weighted by molar-refractivity contribution is 6.16. The van der Waals surface area contributed by atoms with E-state index in [1.165, 1.54) is 0 Å². The largest absolute Gasteiger partial charge is 0.387 e. The first-order valence-electron chi connectivity index (χ1n) is 11.1. The zero-order valence-corrected chi connectivity index (χ0v) is 18.3. The van der Waals surface area contributed by atoms with Crippen LogP contribution in [0.5, 0.6) is 0 Å². The molecule has 3 spiro atoms. The molecule has 3 heterocycles. The summed E-state index contributed by atoms with van der Waals surface area (Å²) < 4.78 is 19.1. The Morgan fingerprint density at radius 2 is 1.87 bits per heavy atom. The van der Waals surface area contributed by atoms with E-state index in [1.54, 1.807) is 19.9 Å². The van der Waals surface area contributed by atoms with E-state index in [1.807, 2.05) is 13.8 Å². The third-order valence-electron chi connectivity index (χ3n) is 9.18. The van der Waals surface area contributed by atoms with Crippen LogP contribution in [0.25, 0.3) is 0 Å². The van der Waals surface area contributed by atoms with Gasteiger partial charge in [-0.15, -0.1) is 0 Å². The first kappa shape index (κ1) is 20.0. The minimum Gasteiger partial charge on any atom is -0.387 e. The molecule has 7 rings (SSSR count). The minimum atomic E-state index is -1.63. The third-order valence-corrected chi connectivity index (χ3v) is 9.18. The zero-order chi connectivity index (χ0) is 22.4. The lowest BCUT2D eigenvalue weighted by Gasteiger charge is -2.75. The van der Waals surface area contributed by atoms with Crippen molar-refractivity contribution in [3.63, 3.8) is 0 Å². The molecule has 3 aliphatic heterocycles. The van der Waals surface area contributed by atoms with E-state index < -0.39 is 51.9 Å². The van der Waals surface area contributed by atoms with Crippen molar-refractivity contribution in [3.05, 3.63) is 23.8 Å². The summed E-state index contributed by atoms with van der Waals surface area (Å²) in [6.45, 7) is 11.5. The van der Waals surface area contributed by atoms with Gasteiger partial charge in [0, 0.05) is 11.8 Å². The van der Waals surface area contributed by atoms with Gasteiger partial charge in [0.05, 0.1) is 23.7 Å². The summed E-state index contributed by atoms with van der Waals surface area (Å²) in [7, 11) is 0. The van der Waals surface area contributed by atoms with Gasteiger partial charge < -0.3 is 19.3 Å². The van der Waals surface area contributed by atoms with E-state index >= 15 is 0 Å². The predicted octanol–water partition coefficient (Wildman–Crippen LogP) is 1.73. The fourth-order valence-electron chi connectivity index (χ4n) is 8.56. The number of hydrogen-bond acceptors (Lipinski definition) is 7. The van der Waals surface area contributed by atoms with Crippen LogP contribution in [0.1, 0.15) is 40.5 Å². The molecule has 7 heteroatoms. The highest BCUT2D eigenvalue weighted by Gasteiger charge is 2.90. The SMILES string of the molecule is C=C1C(=O)[C@@]23[C@@H]4OC(C)(C)O[C@]25OC[C@]2(C(=O)C(C=O)=CC(C)(C)[C@H]2[C@@H]5O)[C@@H]3CC[C@@H]14. The summed E-state index contributed by atoms with van der Waals surface area (Å²) in [5, 5.41) is 11.9. The highest BCUT2D eigenvalue weighted by Crippen LogP contribution is 2.78. The van der Waals surface area contributed by atoms with E-state index in [2.05, 4.69) is 6.58 Å². The molecule has 4 aliphatic carbocycles. The van der Waals surface area contributed by atoms with E-state index in [0.29, 0.717) is 24.7 Å². The van der Waals surface area contributed by atoms with E-state index in [-0.39, 0.29) is 29.7 Å². The Labute approximate surface area is 180 Å². The maximum absolute atomic E-state index is 13.9. The molecule has 0 unspecified atom stereocenters. The van der Waals surface area contributed by atoms with Gasteiger partial charge in [0.1, 0.15) is 11.5 Å². The van der Waals surface area contributed by atoms with Crippen molar-refractivity contribution in [1.29, 1.82) is 0 Å². The molecule has 0 aromatic heterocycles.